The summed E-state index contributed by atoms with van der Waals surface area (Å²) in [5, 5.41) is 0. The van der Waals surface area contributed by atoms with Gasteiger partial charge in [0.05, 0.1) is 0 Å². The number of benzene rings is 3. The third-order valence-corrected chi connectivity index (χ3v) is 4.53. The average Bonchev–Trinajstić information content (AvgIpc) is 3.01. The molecule has 0 unspecified atom stereocenters. The van der Waals surface area contributed by atoms with Crippen molar-refractivity contribution in [3.63, 3.8) is 0 Å². The Kier molecular flexibility index (Phi) is 6.91. The number of para-hydroxylation sites is 1. The maximum absolute atomic E-state index is 4.39. The minimum atomic E-state index is 0. The second-order valence-corrected chi connectivity index (χ2v) is 6.25. The van der Waals surface area contributed by atoms with Gasteiger partial charge in [-0.1, -0.05) is 84.2 Å². The van der Waals surface area contributed by atoms with E-state index in [4.69, 9.17) is 0 Å². The molecule has 126 valence electrons. The van der Waals surface area contributed by atoms with Crippen LogP contribution in [0.5, 0.6) is 0 Å². The van der Waals surface area contributed by atoms with Gasteiger partial charge in [0.2, 0.25) is 0 Å². The molecule has 4 rings (SSSR count). The van der Waals surface area contributed by atoms with Crippen LogP contribution in [0, 0.1) is 27.6 Å². The van der Waals surface area contributed by atoms with Crippen LogP contribution in [0.4, 0.5) is 0 Å². The van der Waals surface area contributed by atoms with Gasteiger partial charge in [0.25, 0.3) is 0 Å². The topological polar surface area (TPSA) is 17.8 Å². The SMILES string of the molecule is Cc1ccccc1-c1ccc(Cn2[c-]nc3cccc(C)c32)cc1.[CH3-].[Y+3]. The Labute approximate surface area is 181 Å². The Hall–Kier alpha value is -1.77. The van der Waals surface area contributed by atoms with E-state index in [1.54, 1.807) is 0 Å². The number of imidazole rings is 1. The molecule has 0 radical (unpaired) electrons. The molecule has 0 aliphatic carbocycles. The molecule has 0 aliphatic heterocycles. The summed E-state index contributed by atoms with van der Waals surface area (Å²) < 4.78 is 2.10. The number of aromatic nitrogens is 2. The predicted molar refractivity (Wildman–Crippen MR) is 105 cm³/mol. The molecule has 0 saturated heterocycles. The van der Waals surface area contributed by atoms with Crippen molar-refractivity contribution in [2.45, 2.75) is 20.4 Å². The summed E-state index contributed by atoms with van der Waals surface area (Å²) in [6.07, 6.45) is 3.13. The van der Waals surface area contributed by atoms with E-state index in [-0.39, 0.29) is 40.1 Å². The largest absolute Gasteiger partial charge is 3.00 e. The molecule has 0 fully saturated rings. The Morgan fingerprint density at radius 2 is 1.54 bits per heavy atom. The van der Waals surface area contributed by atoms with Gasteiger partial charge < -0.3 is 17.0 Å². The van der Waals surface area contributed by atoms with Gasteiger partial charge in [-0.3, -0.25) is 0 Å². The van der Waals surface area contributed by atoms with E-state index in [1.807, 2.05) is 12.1 Å². The fourth-order valence-electron chi connectivity index (χ4n) is 3.23. The Morgan fingerprint density at radius 3 is 2.27 bits per heavy atom. The number of aryl methyl sites for hydroxylation is 2. The van der Waals surface area contributed by atoms with Gasteiger partial charge in [-0.25, -0.2) is 0 Å². The Bertz CT molecular complexity index is 1000. The van der Waals surface area contributed by atoms with Crippen molar-refractivity contribution in [3.8, 4) is 11.1 Å². The van der Waals surface area contributed by atoms with Crippen LogP contribution in [0.1, 0.15) is 16.7 Å². The van der Waals surface area contributed by atoms with E-state index in [1.165, 1.54) is 33.3 Å². The first kappa shape index (κ1) is 20.5. The van der Waals surface area contributed by atoms with Gasteiger partial charge in [-0.2, -0.15) is 0 Å². The molecule has 3 heteroatoms. The molecule has 26 heavy (non-hydrogen) atoms. The molecular weight excluding hydrogens is 393 g/mol. The minimum absolute atomic E-state index is 0. The molecule has 4 aromatic rings. The van der Waals surface area contributed by atoms with Gasteiger partial charge in [0.15, 0.2) is 0 Å². The maximum Gasteiger partial charge on any atom is 3.00 e. The van der Waals surface area contributed by atoms with Crippen LogP contribution >= 0.6 is 0 Å². The summed E-state index contributed by atoms with van der Waals surface area (Å²) in [6.45, 7) is 5.06. The normalized spacial score (nSPS) is 10.2. The summed E-state index contributed by atoms with van der Waals surface area (Å²) in [4.78, 5) is 4.39. The van der Waals surface area contributed by atoms with Crippen molar-refractivity contribution in [1.82, 2.24) is 9.55 Å². The van der Waals surface area contributed by atoms with Crippen molar-refractivity contribution in [2.75, 3.05) is 0 Å². The zero-order chi connectivity index (χ0) is 16.5. The first-order chi connectivity index (χ1) is 11.7. The second-order valence-electron chi connectivity index (χ2n) is 6.25. The first-order valence-electron chi connectivity index (χ1n) is 8.21. The predicted octanol–water partition coefficient (Wildman–Crippen LogP) is 5.62. The monoisotopic (exact) mass is 415 g/mol. The fraction of sp³-hybridized carbons (Fsp3) is 0.130. The van der Waals surface area contributed by atoms with E-state index >= 15 is 0 Å². The first-order valence-corrected chi connectivity index (χ1v) is 8.21. The van der Waals surface area contributed by atoms with Crippen LogP contribution in [0.15, 0.2) is 66.7 Å². The van der Waals surface area contributed by atoms with Gasteiger partial charge >= 0.3 is 32.7 Å². The van der Waals surface area contributed by atoms with Crippen LogP contribution in [-0.4, -0.2) is 9.55 Å². The number of hydrogen-bond donors (Lipinski definition) is 0. The van der Waals surface area contributed by atoms with Crippen LogP contribution in [0.3, 0.4) is 0 Å². The van der Waals surface area contributed by atoms with Crippen LogP contribution in [0.25, 0.3) is 22.2 Å². The van der Waals surface area contributed by atoms with E-state index in [2.05, 4.69) is 84.3 Å². The Balaban J connectivity index is 0.00000121. The van der Waals surface area contributed by atoms with Crippen molar-refractivity contribution >= 4 is 11.0 Å². The zero-order valence-corrected chi connectivity index (χ0v) is 18.4. The maximum atomic E-state index is 4.39. The third-order valence-electron chi connectivity index (χ3n) is 4.53. The van der Waals surface area contributed by atoms with Crippen molar-refractivity contribution in [2.24, 2.45) is 0 Å². The van der Waals surface area contributed by atoms with E-state index in [0.717, 1.165) is 12.1 Å². The van der Waals surface area contributed by atoms with Gasteiger partial charge in [0, 0.05) is 12.9 Å². The van der Waals surface area contributed by atoms with Crippen LogP contribution in [0.2, 0.25) is 0 Å². The molecule has 0 spiro atoms. The Morgan fingerprint density at radius 1 is 0.846 bits per heavy atom. The quantitative estimate of drug-likeness (QED) is 0.398. The van der Waals surface area contributed by atoms with E-state index < -0.39 is 0 Å². The third kappa shape index (κ3) is 3.97. The smallest absolute Gasteiger partial charge is 0.443 e. The number of fused-ring (bicyclic) bond motifs is 1. The van der Waals surface area contributed by atoms with Gasteiger partial charge in [-0.15, -0.1) is 6.07 Å². The molecule has 3 aromatic carbocycles. The van der Waals surface area contributed by atoms with Gasteiger partial charge in [0.1, 0.15) is 0 Å². The van der Waals surface area contributed by atoms with Crippen LogP contribution in [-0.2, 0) is 39.3 Å². The van der Waals surface area contributed by atoms with E-state index in [9.17, 15) is 0 Å². The molecular formula is C23H22N2Y+. The van der Waals surface area contributed by atoms with Crippen LogP contribution < -0.4 is 0 Å². The second kappa shape index (κ2) is 8.75. The molecule has 0 atom stereocenters. The molecule has 0 amide bonds. The summed E-state index contributed by atoms with van der Waals surface area (Å²) >= 11 is 0. The number of hydrogen-bond acceptors (Lipinski definition) is 1. The molecule has 1 aromatic heterocycles. The summed E-state index contributed by atoms with van der Waals surface area (Å²) in [6, 6.07) is 23.5. The van der Waals surface area contributed by atoms with Crippen molar-refractivity contribution < 1.29 is 32.7 Å². The minimum Gasteiger partial charge on any atom is -0.443 e. The molecule has 0 saturated carbocycles. The standard InChI is InChI=1S/C22H19N2.CH3.Y/c1-16-6-3-4-8-20(16)19-12-10-18(11-13-19)14-24-15-23-21-9-5-7-17(2)22(21)24;;/h3-13H,14H2,1-2H3;1H3;/q2*-1;+3. The van der Waals surface area contributed by atoms with E-state index in [0.29, 0.717) is 0 Å². The molecule has 0 N–H and O–H groups in total. The summed E-state index contributed by atoms with van der Waals surface area (Å²) in [5.74, 6) is 0. The number of nitrogens with zero attached hydrogens (tertiary/aromatic N) is 2. The molecule has 1 heterocycles. The van der Waals surface area contributed by atoms with Crippen molar-refractivity contribution in [3.05, 3.63) is 97.2 Å². The zero-order valence-electron chi connectivity index (χ0n) is 15.5. The molecule has 2 nitrogen and oxygen atoms in total. The summed E-state index contributed by atoms with van der Waals surface area (Å²) in [7, 11) is 0. The molecule has 0 bridgehead atoms. The number of rotatable bonds is 3. The molecule has 0 aliphatic rings. The average molecular weight is 415 g/mol. The fourth-order valence-corrected chi connectivity index (χ4v) is 3.23. The van der Waals surface area contributed by atoms with Gasteiger partial charge in [-0.05, 0) is 29.2 Å². The summed E-state index contributed by atoms with van der Waals surface area (Å²) in [5.41, 5.74) is 8.51. The van der Waals surface area contributed by atoms with Crippen molar-refractivity contribution in [1.29, 1.82) is 0 Å².